The van der Waals surface area contributed by atoms with Crippen molar-refractivity contribution in [3.05, 3.63) is 27.6 Å². The summed E-state index contributed by atoms with van der Waals surface area (Å²) >= 11 is 6.96. The van der Waals surface area contributed by atoms with Crippen molar-refractivity contribution in [2.45, 2.75) is 26.4 Å². The van der Waals surface area contributed by atoms with E-state index >= 15 is 0 Å². The van der Waals surface area contributed by atoms with Gasteiger partial charge in [-0.25, -0.2) is 0 Å². The lowest BCUT2D eigenvalue weighted by molar-refractivity contribution is -0.140. The fourth-order valence-electron chi connectivity index (χ4n) is 2.14. The average Bonchev–Trinajstić information content (AvgIpc) is 2.83. The van der Waals surface area contributed by atoms with E-state index in [-0.39, 0.29) is 11.0 Å². The van der Waals surface area contributed by atoms with Crippen molar-refractivity contribution in [3.63, 3.8) is 0 Å². The number of carbonyl (C=O) groups is 3. The average molecular weight is 400 g/mol. The number of rotatable bonds is 7. The molecule has 1 atom stereocenters. The number of carboxylic acids is 1. The van der Waals surface area contributed by atoms with Gasteiger partial charge in [-0.15, -0.1) is 0 Å². The van der Waals surface area contributed by atoms with Gasteiger partial charge in [-0.05, 0) is 48.9 Å². The maximum absolute atomic E-state index is 12.2. The molecule has 2 amide bonds. The van der Waals surface area contributed by atoms with E-state index < -0.39 is 23.7 Å². The highest BCUT2D eigenvalue weighted by Gasteiger charge is 2.36. The fourth-order valence-corrected chi connectivity index (χ4v) is 3.25. The molecule has 0 aromatic heterocycles. The minimum atomic E-state index is -1.26. The standard InChI is InChI=1S/C17H18ClNO6S/c1-4-9(2)25-15-11(18)5-10(6-12(15)24-3)7-13-16(22)19(8-14(20)21)17(23)26-13/h5-7,9H,4,8H2,1-3H3,(H,20,21)/b13-7+/t9-/m0/s1. The molecule has 0 radical (unpaired) electrons. The van der Waals surface area contributed by atoms with Gasteiger partial charge in [-0.1, -0.05) is 18.5 Å². The maximum Gasteiger partial charge on any atom is 0.323 e. The predicted octanol–water partition coefficient (Wildman–Crippen LogP) is 3.65. The van der Waals surface area contributed by atoms with Crippen LogP contribution in [0.2, 0.25) is 5.02 Å². The third-order valence-electron chi connectivity index (χ3n) is 3.61. The summed E-state index contributed by atoms with van der Waals surface area (Å²) in [6.07, 6.45) is 2.20. The molecule has 0 saturated carbocycles. The van der Waals surface area contributed by atoms with E-state index in [1.165, 1.54) is 13.2 Å². The number of methoxy groups -OCH3 is 1. The van der Waals surface area contributed by atoms with Gasteiger partial charge in [0.1, 0.15) is 6.54 Å². The van der Waals surface area contributed by atoms with Crippen LogP contribution in [-0.2, 0) is 9.59 Å². The zero-order valence-corrected chi connectivity index (χ0v) is 16.0. The molecular weight excluding hydrogens is 382 g/mol. The number of imide groups is 1. The lowest BCUT2D eigenvalue weighted by Gasteiger charge is -2.17. The fraction of sp³-hybridized carbons (Fsp3) is 0.353. The van der Waals surface area contributed by atoms with Crippen molar-refractivity contribution in [2.24, 2.45) is 0 Å². The van der Waals surface area contributed by atoms with Gasteiger partial charge >= 0.3 is 5.97 Å². The summed E-state index contributed by atoms with van der Waals surface area (Å²) in [5, 5.41) is 8.47. The molecule has 140 valence electrons. The Kier molecular flexibility index (Phi) is 6.55. The van der Waals surface area contributed by atoms with E-state index in [9.17, 15) is 14.4 Å². The van der Waals surface area contributed by atoms with Crippen LogP contribution < -0.4 is 9.47 Å². The summed E-state index contributed by atoms with van der Waals surface area (Å²) in [6.45, 7) is 3.21. The first-order valence-electron chi connectivity index (χ1n) is 7.78. The van der Waals surface area contributed by atoms with E-state index in [2.05, 4.69) is 0 Å². The maximum atomic E-state index is 12.2. The molecule has 1 N–H and O–H groups in total. The zero-order valence-electron chi connectivity index (χ0n) is 14.4. The number of halogens is 1. The number of hydrogen-bond acceptors (Lipinski definition) is 6. The van der Waals surface area contributed by atoms with Gasteiger partial charge in [-0.3, -0.25) is 19.3 Å². The summed E-state index contributed by atoms with van der Waals surface area (Å²) in [7, 11) is 1.47. The molecule has 1 aromatic rings. The molecule has 1 fully saturated rings. The van der Waals surface area contributed by atoms with Crippen LogP contribution in [0.3, 0.4) is 0 Å². The molecule has 7 nitrogen and oxygen atoms in total. The number of ether oxygens (including phenoxy) is 2. The minimum Gasteiger partial charge on any atom is -0.493 e. The molecule has 0 bridgehead atoms. The Labute approximate surface area is 159 Å². The van der Waals surface area contributed by atoms with Crippen LogP contribution in [0.5, 0.6) is 11.5 Å². The monoisotopic (exact) mass is 399 g/mol. The highest BCUT2D eigenvalue weighted by molar-refractivity contribution is 8.18. The molecule has 1 aromatic carbocycles. The Morgan fingerprint density at radius 3 is 2.69 bits per heavy atom. The second kappa shape index (κ2) is 8.46. The first-order chi connectivity index (χ1) is 12.3. The Morgan fingerprint density at radius 2 is 2.12 bits per heavy atom. The van der Waals surface area contributed by atoms with E-state index in [1.807, 2.05) is 13.8 Å². The smallest absolute Gasteiger partial charge is 0.323 e. The van der Waals surface area contributed by atoms with Crippen LogP contribution in [0, 0.1) is 0 Å². The van der Waals surface area contributed by atoms with Crippen LogP contribution in [0.1, 0.15) is 25.8 Å². The second-order valence-electron chi connectivity index (χ2n) is 5.53. The highest BCUT2D eigenvalue weighted by atomic mass is 35.5. The second-order valence-corrected chi connectivity index (χ2v) is 6.93. The SMILES string of the molecule is CC[C@H](C)Oc1c(Cl)cc(/C=C2/SC(=O)N(CC(=O)O)C2=O)cc1OC. The Hall–Kier alpha value is -2.19. The van der Waals surface area contributed by atoms with Crippen molar-refractivity contribution < 1.29 is 29.0 Å². The molecule has 0 unspecified atom stereocenters. The lowest BCUT2D eigenvalue weighted by atomic mass is 10.1. The highest BCUT2D eigenvalue weighted by Crippen LogP contribution is 2.39. The lowest BCUT2D eigenvalue weighted by Crippen LogP contribution is -2.33. The molecule has 0 spiro atoms. The molecule has 1 heterocycles. The number of hydrogen-bond donors (Lipinski definition) is 1. The van der Waals surface area contributed by atoms with Gasteiger partial charge in [0.25, 0.3) is 11.1 Å². The van der Waals surface area contributed by atoms with Gasteiger partial charge in [0.15, 0.2) is 11.5 Å². The normalized spacial score (nSPS) is 16.9. The molecule has 2 rings (SSSR count). The van der Waals surface area contributed by atoms with Crippen LogP contribution in [-0.4, -0.2) is 46.9 Å². The third-order valence-corrected chi connectivity index (χ3v) is 4.80. The third kappa shape index (κ3) is 4.50. The number of amides is 2. The van der Waals surface area contributed by atoms with Gasteiger partial charge in [-0.2, -0.15) is 0 Å². The molecular formula is C17H18ClNO6S. The molecule has 1 saturated heterocycles. The van der Waals surface area contributed by atoms with Gasteiger partial charge in [0.2, 0.25) is 0 Å². The topological polar surface area (TPSA) is 93.1 Å². The Morgan fingerprint density at radius 1 is 1.42 bits per heavy atom. The van der Waals surface area contributed by atoms with E-state index in [0.717, 1.165) is 6.42 Å². The number of benzene rings is 1. The van der Waals surface area contributed by atoms with Crippen LogP contribution in [0.4, 0.5) is 4.79 Å². The molecule has 1 aliphatic heterocycles. The van der Waals surface area contributed by atoms with Crippen molar-refractivity contribution in [1.82, 2.24) is 4.90 Å². The minimum absolute atomic E-state index is 0.0558. The van der Waals surface area contributed by atoms with Gasteiger partial charge < -0.3 is 14.6 Å². The zero-order chi connectivity index (χ0) is 19.4. The molecule has 1 aliphatic rings. The van der Waals surface area contributed by atoms with Crippen LogP contribution in [0.25, 0.3) is 6.08 Å². The quantitative estimate of drug-likeness (QED) is 0.699. The van der Waals surface area contributed by atoms with Crippen molar-refractivity contribution in [1.29, 1.82) is 0 Å². The predicted molar refractivity (Wildman–Crippen MR) is 98.7 cm³/mol. The van der Waals surface area contributed by atoms with E-state index in [0.29, 0.717) is 38.7 Å². The van der Waals surface area contributed by atoms with Crippen LogP contribution >= 0.6 is 23.4 Å². The first kappa shape index (κ1) is 20.1. The number of nitrogens with zero attached hydrogens (tertiary/aromatic N) is 1. The first-order valence-corrected chi connectivity index (χ1v) is 8.97. The van der Waals surface area contributed by atoms with Gasteiger partial charge in [0, 0.05) is 0 Å². The Bertz CT molecular complexity index is 779. The molecule has 0 aliphatic carbocycles. The Balaban J connectivity index is 2.33. The van der Waals surface area contributed by atoms with Crippen LogP contribution in [0.15, 0.2) is 17.0 Å². The molecule has 9 heteroatoms. The summed E-state index contributed by atoms with van der Waals surface area (Å²) in [6, 6.07) is 3.22. The van der Waals surface area contributed by atoms with Gasteiger partial charge in [0.05, 0.1) is 23.1 Å². The number of aliphatic carboxylic acids is 1. The van der Waals surface area contributed by atoms with Crippen molar-refractivity contribution in [2.75, 3.05) is 13.7 Å². The largest absolute Gasteiger partial charge is 0.493 e. The van der Waals surface area contributed by atoms with Crippen molar-refractivity contribution in [3.8, 4) is 11.5 Å². The van der Waals surface area contributed by atoms with Crippen molar-refractivity contribution >= 4 is 46.6 Å². The summed E-state index contributed by atoms with van der Waals surface area (Å²) < 4.78 is 11.1. The molecule has 26 heavy (non-hydrogen) atoms. The number of thioether (sulfide) groups is 1. The number of carboxylic acid groups (broad SMARTS) is 1. The van der Waals surface area contributed by atoms with E-state index in [1.54, 1.807) is 12.1 Å². The summed E-state index contributed by atoms with van der Waals surface area (Å²) in [5.41, 5.74) is 0.532. The number of carbonyl (C=O) groups excluding carboxylic acids is 2. The van der Waals surface area contributed by atoms with E-state index in [4.69, 9.17) is 26.2 Å². The summed E-state index contributed by atoms with van der Waals surface area (Å²) in [4.78, 5) is 35.6. The summed E-state index contributed by atoms with van der Waals surface area (Å²) in [5.74, 6) is -1.12.